The average Bonchev–Trinajstić information content (AvgIpc) is 2.87. The monoisotopic (exact) mass is 592 g/mol. The van der Waals surface area contributed by atoms with Crippen LogP contribution < -0.4 is 5.32 Å². The summed E-state index contributed by atoms with van der Waals surface area (Å²) in [5, 5.41) is 27.0. The summed E-state index contributed by atoms with van der Waals surface area (Å²) >= 11 is 25.2. The molecule has 1 aliphatic rings. The van der Waals surface area contributed by atoms with E-state index in [0.29, 0.717) is 36.8 Å². The van der Waals surface area contributed by atoms with E-state index in [2.05, 4.69) is 5.32 Å². The average molecular weight is 594 g/mol. The van der Waals surface area contributed by atoms with Crippen LogP contribution in [0.5, 0.6) is 0 Å². The summed E-state index contributed by atoms with van der Waals surface area (Å²) in [7, 11) is 0. The van der Waals surface area contributed by atoms with Gasteiger partial charge in [-0.25, -0.2) is 4.79 Å². The zero-order valence-electron chi connectivity index (χ0n) is 19.6. The molecule has 2 N–H and O–H groups in total. The van der Waals surface area contributed by atoms with Gasteiger partial charge in [-0.05, 0) is 35.4 Å². The molecule has 0 amide bonds. The highest BCUT2D eigenvalue weighted by atomic mass is 35.5. The summed E-state index contributed by atoms with van der Waals surface area (Å²) in [4.78, 5) is 24.6. The largest absolute Gasteiger partial charge is 0.484 e. The molecule has 1 unspecified atom stereocenters. The Bertz CT molecular complexity index is 1450. The number of dihydropyridines is 1. The molecule has 0 spiro atoms. The smallest absolute Gasteiger partial charge is 0.355 e. The van der Waals surface area contributed by atoms with Crippen molar-refractivity contribution >= 4 is 52.4 Å². The number of hydrogen-bond acceptors (Lipinski definition) is 5. The van der Waals surface area contributed by atoms with Crippen LogP contribution in [-0.4, -0.2) is 21.7 Å². The maximum Gasteiger partial charge on any atom is 0.355 e. The summed E-state index contributed by atoms with van der Waals surface area (Å²) in [6, 6.07) is 18.4. The van der Waals surface area contributed by atoms with Gasteiger partial charge in [0, 0.05) is 43.8 Å². The Morgan fingerprint density at radius 2 is 1.45 bits per heavy atom. The number of aliphatic carboxylic acids is 1. The van der Waals surface area contributed by atoms with Gasteiger partial charge in [0.05, 0.1) is 16.9 Å². The van der Waals surface area contributed by atoms with Crippen LogP contribution in [0.2, 0.25) is 20.1 Å². The second kappa shape index (κ2) is 11.7. The van der Waals surface area contributed by atoms with Crippen LogP contribution in [0.15, 0.2) is 89.8 Å². The predicted octanol–water partition coefficient (Wildman–Crippen LogP) is 7.10. The van der Waals surface area contributed by atoms with Crippen molar-refractivity contribution < 1.29 is 19.6 Å². The molecule has 0 fully saturated rings. The molecule has 196 valence electrons. The van der Waals surface area contributed by atoms with Crippen molar-refractivity contribution in [3.05, 3.63) is 137 Å². The number of carboxylic acids is 1. The molecule has 11 heteroatoms. The lowest BCUT2D eigenvalue weighted by atomic mass is 9.90. The molecule has 0 aromatic heterocycles. The van der Waals surface area contributed by atoms with Crippen LogP contribution in [-0.2, 0) is 29.0 Å². The van der Waals surface area contributed by atoms with Crippen molar-refractivity contribution in [1.82, 2.24) is 5.32 Å². The number of allylic oxidation sites excluding steroid dienone is 1. The first-order valence-corrected chi connectivity index (χ1v) is 12.8. The normalized spacial score (nSPS) is 17.0. The van der Waals surface area contributed by atoms with Crippen LogP contribution in [0, 0.1) is 10.1 Å². The number of nitro groups is 1. The van der Waals surface area contributed by atoms with E-state index in [9.17, 15) is 20.0 Å². The van der Waals surface area contributed by atoms with Crippen LogP contribution in [0.25, 0.3) is 0 Å². The molecule has 1 heterocycles. The number of halogens is 4. The third kappa shape index (κ3) is 5.76. The molecule has 0 bridgehead atoms. The van der Waals surface area contributed by atoms with Gasteiger partial charge in [0.1, 0.15) is 6.61 Å². The molecular formula is C27H20Cl4N2O5. The number of nitrogens with one attached hydrogen (secondary N) is 1. The molecule has 0 saturated carbocycles. The lowest BCUT2D eigenvalue weighted by Gasteiger charge is -2.34. The topological polar surface area (TPSA) is 102 Å². The number of carboxylic acid groups (broad SMARTS) is 1. The molecule has 0 saturated heterocycles. The zero-order valence-corrected chi connectivity index (χ0v) is 22.6. The third-order valence-corrected chi connectivity index (χ3v) is 7.52. The summed E-state index contributed by atoms with van der Waals surface area (Å²) in [6.07, 6.45) is 0.912. The first-order chi connectivity index (χ1) is 18.1. The number of ether oxygens (including phenoxy) is 1. The minimum atomic E-state index is -2.10. The zero-order chi connectivity index (χ0) is 27.4. The number of benzene rings is 3. The molecule has 38 heavy (non-hydrogen) atoms. The number of rotatable bonds is 9. The summed E-state index contributed by atoms with van der Waals surface area (Å²) in [6.45, 7) is -0.239. The Hall–Kier alpha value is -3.23. The van der Waals surface area contributed by atoms with Gasteiger partial charge in [-0.1, -0.05) is 88.9 Å². The minimum Gasteiger partial charge on any atom is -0.484 e. The number of nitrogens with zero attached hydrogens (tertiary/aromatic N) is 1. The highest BCUT2D eigenvalue weighted by Gasteiger charge is 2.53. The van der Waals surface area contributed by atoms with Crippen molar-refractivity contribution in [2.24, 2.45) is 0 Å². The van der Waals surface area contributed by atoms with Crippen molar-refractivity contribution in [3.8, 4) is 0 Å². The van der Waals surface area contributed by atoms with Crippen LogP contribution >= 0.6 is 46.4 Å². The fourth-order valence-electron chi connectivity index (χ4n) is 4.11. The van der Waals surface area contributed by atoms with E-state index >= 15 is 0 Å². The molecule has 3 aromatic carbocycles. The highest BCUT2D eigenvalue weighted by Crippen LogP contribution is 2.36. The molecule has 7 nitrogen and oxygen atoms in total. The van der Waals surface area contributed by atoms with Gasteiger partial charge in [0.15, 0.2) is 5.76 Å². The number of carbonyl (C=O) groups is 1. The van der Waals surface area contributed by atoms with E-state index in [1.54, 1.807) is 66.7 Å². The standard InChI is InChI=1S/C27H20Cl4N2O5/c28-20-8-3-1-6-16(20)12-24-18(26(34)35)13-25(38-15-19-22(30)10-5-11-23(19)31)27(32-24,33(36)37)14-17-7-2-4-9-21(17)29/h1-11,13,32H,12,14-15H2,(H,34,35). The van der Waals surface area contributed by atoms with Crippen molar-refractivity contribution in [2.45, 2.75) is 25.1 Å². The fourth-order valence-corrected chi connectivity index (χ4v) is 5.02. The summed E-state index contributed by atoms with van der Waals surface area (Å²) < 4.78 is 5.94. The lowest BCUT2D eigenvalue weighted by molar-refractivity contribution is -0.570. The van der Waals surface area contributed by atoms with Gasteiger partial charge in [-0.3, -0.25) is 10.1 Å². The molecular weight excluding hydrogens is 574 g/mol. The van der Waals surface area contributed by atoms with Gasteiger partial charge < -0.3 is 15.2 Å². The van der Waals surface area contributed by atoms with Gasteiger partial charge in [0.2, 0.25) is 0 Å². The minimum absolute atomic E-state index is 0.000456. The maximum atomic E-state index is 12.8. The quantitative estimate of drug-likeness (QED) is 0.203. The second-order valence-corrected chi connectivity index (χ2v) is 10.1. The Morgan fingerprint density at radius 1 is 0.895 bits per heavy atom. The van der Waals surface area contributed by atoms with Gasteiger partial charge >= 0.3 is 11.6 Å². The molecule has 0 aliphatic carbocycles. The van der Waals surface area contributed by atoms with E-state index < -0.39 is 16.6 Å². The Morgan fingerprint density at radius 3 is 2.00 bits per heavy atom. The SMILES string of the molecule is O=C(O)C1=C(Cc2ccccc2Cl)NC(Cc2ccccc2Cl)([N+](=O)[O-])C(OCc2c(Cl)cccc2Cl)=C1. The number of hydrogen-bond donors (Lipinski definition) is 2. The van der Waals surface area contributed by atoms with Crippen molar-refractivity contribution in [2.75, 3.05) is 0 Å². The van der Waals surface area contributed by atoms with E-state index in [-0.39, 0.29) is 36.5 Å². The lowest BCUT2D eigenvalue weighted by Crippen LogP contribution is -2.57. The summed E-state index contributed by atoms with van der Waals surface area (Å²) in [5.41, 5.74) is -0.770. The molecule has 0 radical (unpaired) electrons. The third-order valence-electron chi connectivity index (χ3n) is 6.07. The summed E-state index contributed by atoms with van der Waals surface area (Å²) in [5.74, 6) is -1.54. The maximum absolute atomic E-state index is 12.8. The van der Waals surface area contributed by atoms with E-state index in [1.165, 1.54) is 0 Å². The van der Waals surface area contributed by atoms with Crippen LogP contribution in [0.3, 0.4) is 0 Å². The second-order valence-electron chi connectivity index (χ2n) is 8.47. The predicted molar refractivity (Wildman–Crippen MR) is 147 cm³/mol. The highest BCUT2D eigenvalue weighted by molar-refractivity contribution is 6.36. The van der Waals surface area contributed by atoms with E-state index in [1.807, 2.05) is 0 Å². The van der Waals surface area contributed by atoms with E-state index in [0.717, 1.165) is 6.08 Å². The molecule has 4 rings (SSSR count). The Balaban J connectivity index is 1.85. The van der Waals surface area contributed by atoms with Gasteiger partial charge in [-0.15, -0.1) is 0 Å². The van der Waals surface area contributed by atoms with Gasteiger partial charge in [-0.2, -0.15) is 0 Å². The fraction of sp³-hybridized carbons (Fsp3) is 0.148. The Labute approximate surface area is 238 Å². The van der Waals surface area contributed by atoms with Crippen molar-refractivity contribution in [1.29, 1.82) is 0 Å². The van der Waals surface area contributed by atoms with Gasteiger partial charge in [0.25, 0.3) is 0 Å². The van der Waals surface area contributed by atoms with Crippen molar-refractivity contribution in [3.63, 3.8) is 0 Å². The van der Waals surface area contributed by atoms with E-state index in [4.69, 9.17) is 51.1 Å². The molecule has 1 atom stereocenters. The Kier molecular flexibility index (Phi) is 8.53. The van der Waals surface area contributed by atoms with Crippen LogP contribution in [0.1, 0.15) is 16.7 Å². The first kappa shape index (κ1) is 27.8. The van der Waals surface area contributed by atoms with Crippen LogP contribution in [0.4, 0.5) is 0 Å². The molecule has 1 aliphatic heterocycles. The molecule has 3 aromatic rings. The first-order valence-electron chi connectivity index (χ1n) is 11.3.